The SMILES string of the molecule is COc1ccc(CN2CCC3(CC2)CC(Oc2cccnc2)CO3)cc1. The second kappa shape index (κ2) is 7.64. The van der Waals surface area contributed by atoms with E-state index in [0.717, 1.165) is 50.4 Å². The van der Waals surface area contributed by atoms with Gasteiger partial charge in [-0.05, 0) is 42.7 Å². The van der Waals surface area contributed by atoms with Gasteiger partial charge in [0.25, 0.3) is 0 Å². The fourth-order valence-corrected chi connectivity index (χ4v) is 3.94. The first kappa shape index (κ1) is 17.3. The number of hydrogen-bond acceptors (Lipinski definition) is 5. The lowest BCUT2D eigenvalue weighted by molar-refractivity contribution is -0.0454. The molecule has 2 aliphatic rings. The summed E-state index contributed by atoms with van der Waals surface area (Å²) >= 11 is 0. The van der Waals surface area contributed by atoms with Crippen LogP contribution in [0, 0.1) is 0 Å². The van der Waals surface area contributed by atoms with E-state index in [1.807, 2.05) is 24.3 Å². The van der Waals surface area contributed by atoms with Gasteiger partial charge in [-0.1, -0.05) is 12.1 Å². The summed E-state index contributed by atoms with van der Waals surface area (Å²) in [5.74, 6) is 1.74. The molecule has 0 amide bonds. The highest BCUT2D eigenvalue weighted by Crippen LogP contribution is 2.37. The molecule has 2 fully saturated rings. The Labute approximate surface area is 154 Å². The topological polar surface area (TPSA) is 43.8 Å². The molecule has 5 nitrogen and oxygen atoms in total. The average molecular weight is 354 g/mol. The van der Waals surface area contributed by atoms with Crippen LogP contribution in [0.5, 0.6) is 11.5 Å². The lowest BCUT2D eigenvalue weighted by atomic mass is 9.88. The van der Waals surface area contributed by atoms with Crippen LogP contribution in [0.2, 0.25) is 0 Å². The fraction of sp³-hybridized carbons (Fsp3) is 0.476. The molecule has 1 unspecified atom stereocenters. The molecule has 138 valence electrons. The van der Waals surface area contributed by atoms with Crippen LogP contribution in [-0.4, -0.2) is 48.4 Å². The molecule has 2 saturated heterocycles. The molecule has 0 saturated carbocycles. The number of likely N-dealkylation sites (tertiary alicyclic amines) is 1. The first-order valence-corrected chi connectivity index (χ1v) is 9.31. The molecule has 5 heteroatoms. The van der Waals surface area contributed by atoms with Crippen molar-refractivity contribution in [2.75, 3.05) is 26.8 Å². The summed E-state index contributed by atoms with van der Waals surface area (Å²) in [6, 6.07) is 12.2. The highest BCUT2D eigenvalue weighted by molar-refractivity contribution is 5.27. The van der Waals surface area contributed by atoms with E-state index in [-0.39, 0.29) is 11.7 Å². The second-order valence-electron chi connectivity index (χ2n) is 7.25. The van der Waals surface area contributed by atoms with Crippen molar-refractivity contribution in [3.63, 3.8) is 0 Å². The van der Waals surface area contributed by atoms with E-state index in [1.54, 1.807) is 19.5 Å². The maximum absolute atomic E-state index is 6.21. The number of nitrogens with zero attached hydrogens (tertiary/aromatic N) is 2. The predicted molar refractivity (Wildman–Crippen MR) is 99.5 cm³/mol. The van der Waals surface area contributed by atoms with Crippen molar-refractivity contribution in [2.45, 2.75) is 37.5 Å². The molecule has 0 aliphatic carbocycles. The third kappa shape index (κ3) is 4.00. The van der Waals surface area contributed by atoms with Gasteiger partial charge in [0.15, 0.2) is 0 Å². The zero-order chi connectivity index (χ0) is 17.8. The third-order valence-electron chi connectivity index (χ3n) is 5.44. The summed E-state index contributed by atoms with van der Waals surface area (Å²) < 4.78 is 17.5. The van der Waals surface area contributed by atoms with Crippen molar-refractivity contribution in [3.05, 3.63) is 54.4 Å². The lowest BCUT2D eigenvalue weighted by Crippen LogP contribution is -2.44. The van der Waals surface area contributed by atoms with Gasteiger partial charge in [0.2, 0.25) is 0 Å². The molecule has 0 N–H and O–H groups in total. The summed E-state index contributed by atoms with van der Waals surface area (Å²) in [6.07, 6.45) is 6.76. The second-order valence-corrected chi connectivity index (χ2v) is 7.25. The van der Waals surface area contributed by atoms with Gasteiger partial charge in [-0.25, -0.2) is 0 Å². The van der Waals surface area contributed by atoms with Gasteiger partial charge in [0, 0.05) is 32.3 Å². The van der Waals surface area contributed by atoms with Gasteiger partial charge in [-0.15, -0.1) is 0 Å². The highest BCUT2D eigenvalue weighted by atomic mass is 16.6. The zero-order valence-corrected chi connectivity index (χ0v) is 15.3. The zero-order valence-electron chi connectivity index (χ0n) is 15.3. The van der Waals surface area contributed by atoms with E-state index < -0.39 is 0 Å². The number of pyridine rings is 1. The fourth-order valence-electron chi connectivity index (χ4n) is 3.94. The highest BCUT2D eigenvalue weighted by Gasteiger charge is 2.43. The molecule has 2 aromatic rings. The Balaban J connectivity index is 1.28. The average Bonchev–Trinajstić information content (AvgIpc) is 3.07. The Morgan fingerprint density at radius 2 is 1.96 bits per heavy atom. The summed E-state index contributed by atoms with van der Waals surface area (Å²) in [7, 11) is 1.70. The monoisotopic (exact) mass is 354 g/mol. The van der Waals surface area contributed by atoms with Crippen molar-refractivity contribution in [1.29, 1.82) is 0 Å². The number of rotatable bonds is 5. The molecular formula is C21H26N2O3. The molecule has 1 spiro atoms. The number of methoxy groups -OCH3 is 1. The van der Waals surface area contributed by atoms with Crippen LogP contribution in [0.4, 0.5) is 0 Å². The Hall–Kier alpha value is -2.11. The number of ether oxygens (including phenoxy) is 3. The van der Waals surface area contributed by atoms with E-state index >= 15 is 0 Å². The maximum Gasteiger partial charge on any atom is 0.138 e. The minimum Gasteiger partial charge on any atom is -0.497 e. The maximum atomic E-state index is 6.21. The van der Waals surface area contributed by atoms with E-state index in [1.165, 1.54) is 5.56 Å². The van der Waals surface area contributed by atoms with Crippen LogP contribution >= 0.6 is 0 Å². The largest absolute Gasteiger partial charge is 0.497 e. The first-order chi connectivity index (χ1) is 12.7. The summed E-state index contributed by atoms with van der Waals surface area (Å²) in [5.41, 5.74) is 1.32. The Morgan fingerprint density at radius 1 is 1.15 bits per heavy atom. The Morgan fingerprint density at radius 3 is 2.65 bits per heavy atom. The van der Waals surface area contributed by atoms with Gasteiger partial charge >= 0.3 is 0 Å². The van der Waals surface area contributed by atoms with Crippen LogP contribution in [0.3, 0.4) is 0 Å². The third-order valence-corrected chi connectivity index (χ3v) is 5.44. The van der Waals surface area contributed by atoms with Gasteiger partial charge in [0.1, 0.15) is 17.6 Å². The van der Waals surface area contributed by atoms with Crippen LogP contribution in [-0.2, 0) is 11.3 Å². The standard InChI is InChI=1S/C21H26N2O3/c1-24-18-6-4-17(5-7-18)15-23-11-8-21(9-12-23)13-20(16-25-21)26-19-3-2-10-22-14-19/h2-7,10,14,20H,8-9,11-13,15-16H2,1H3. The van der Waals surface area contributed by atoms with E-state index in [9.17, 15) is 0 Å². The predicted octanol–water partition coefficient (Wildman–Crippen LogP) is 3.29. The molecular weight excluding hydrogens is 328 g/mol. The normalized spacial score (nSPS) is 22.4. The van der Waals surface area contributed by atoms with Crippen molar-refractivity contribution in [1.82, 2.24) is 9.88 Å². The molecule has 1 aromatic carbocycles. The van der Waals surface area contributed by atoms with E-state index in [4.69, 9.17) is 14.2 Å². The Bertz CT molecular complexity index is 697. The quantitative estimate of drug-likeness (QED) is 0.824. The van der Waals surface area contributed by atoms with Crippen molar-refractivity contribution in [3.8, 4) is 11.5 Å². The molecule has 3 heterocycles. The Kier molecular flexibility index (Phi) is 5.09. The van der Waals surface area contributed by atoms with Crippen LogP contribution < -0.4 is 9.47 Å². The summed E-state index contributed by atoms with van der Waals surface area (Å²) in [4.78, 5) is 6.62. The van der Waals surface area contributed by atoms with Crippen molar-refractivity contribution < 1.29 is 14.2 Å². The molecule has 0 radical (unpaired) electrons. The van der Waals surface area contributed by atoms with Crippen molar-refractivity contribution >= 4 is 0 Å². The smallest absolute Gasteiger partial charge is 0.138 e. The number of aromatic nitrogens is 1. The summed E-state index contributed by atoms with van der Waals surface area (Å²) in [6.45, 7) is 3.78. The number of piperidine rings is 1. The van der Waals surface area contributed by atoms with E-state index in [2.05, 4.69) is 22.0 Å². The van der Waals surface area contributed by atoms with Gasteiger partial charge in [-0.3, -0.25) is 9.88 Å². The van der Waals surface area contributed by atoms with Gasteiger partial charge in [0.05, 0.1) is 25.5 Å². The van der Waals surface area contributed by atoms with Crippen LogP contribution in [0.1, 0.15) is 24.8 Å². The molecule has 1 aromatic heterocycles. The first-order valence-electron chi connectivity index (χ1n) is 9.31. The van der Waals surface area contributed by atoms with Gasteiger partial charge in [-0.2, -0.15) is 0 Å². The number of benzene rings is 1. The molecule has 2 aliphatic heterocycles. The lowest BCUT2D eigenvalue weighted by Gasteiger charge is -2.38. The molecule has 0 bridgehead atoms. The van der Waals surface area contributed by atoms with Crippen LogP contribution in [0.25, 0.3) is 0 Å². The molecule has 26 heavy (non-hydrogen) atoms. The summed E-state index contributed by atoms with van der Waals surface area (Å²) in [5, 5.41) is 0. The molecule has 1 atom stereocenters. The minimum absolute atomic E-state index is 0.0106. The van der Waals surface area contributed by atoms with E-state index in [0.29, 0.717) is 6.61 Å². The number of hydrogen-bond donors (Lipinski definition) is 0. The molecule has 4 rings (SSSR count). The van der Waals surface area contributed by atoms with Crippen molar-refractivity contribution in [2.24, 2.45) is 0 Å². The van der Waals surface area contributed by atoms with Gasteiger partial charge < -0.3 is 14.2 Å². The minimum atomic E-state index is -0.0106. The van der Waals surface area contributed by atoms with Crippen LogP contribution in [0.15, 0.2) is 48.8 Å².